The summed E-state index contributed by atoms with van der Waals surface area (Å²) in [5.74, 6) is 2.52. The molecule has 0 heterocycles. The van der Waals surface area contributed by atoms with Crippen molar-refractivity contribution in [2.75, 3.05) is 0 Å². The predicted octanol–water partition coefficient (Wildman–Crippen LogP) is 4.73. The van der Waals surface area contributed by atoms with Crippen LogP contribution in [0.15, 0.2) is 22.8 Å². The van der Waals surface area contributed by atoms with Crippen LogP contribution in [-0.2, 0) is 0 Å². The Hall–Kier alpha value is -0.520. The van der Waals surface area contributed by atoms with Gasteiger partial charge in [-0.05, 0) is 51.4 Å². The first kappa shape index (κ1) is 11.0. The molecule has 1 unspecified atom stereocenters. The summed E-state index contributed by atoms with van der Waals surface area (Å²) < 4.78 is 0. The standard InChI is InChI=1S/C15H24/c1-10(2)13-8-6-12(4)14-7-5-11(3)9-15(13)14/h9-10,13,15H,5-8H2,1-4H3/t13?,15-/m0/s1. The predicted molar refractivity (Wildman–Crippen MR) is 66.7 cm³/mol. The molecule has 15 heavy (non-hydrogen) atoms. The Morgan fingerprint density at radius 1 is 1.13 bits per heavy atom. The van der Waals surface area contributed by atoms with Gasteiger partial charge in [0.25, 0.3) is 0 Å². The van der Waals surface area contributed by atoms with Gasteiger partial charge in [-0.3, -0.25) is 0 Å². The smallest absolute Gasteiger partial charge is 0.00128 e. The molecular weight excluding hydrogens is 180 g/mol. The summed E-state index contributed by atoms with van der Waals surface area (Å²) in [5.41, 5.74) is 5.09. The van der Waals surface area contributed by atoms with Gasteiger partial charge >= 0.3 is 0 Å². The molecule has 0 aromatic heterocycles. The van der Waals surface area contributed by atoms with Crippen LogP contribution in [0, 0.1) is 17.8 Å². The number of hydrogen-bond donors (Lipinski definition) is 0. The van der Waals surface area contributed by atoms with Crippen LogP contribution in [0.2, 0.25) is 0 Å². The van der Waals surface area contributed by atoms with Gasteiger partial charge in [0.15, 0.2) is 0 Å². The third-order valence-electron chi connectivity index (χ3n) is 4.37. The van der Waals surface area contributed by atoms with E-state index in [4.69, 9.17) is 0 Å². The zero-order valence-corrected chi connectivity index (χ0v) is 10.6. The second-order valence-electron chi connectivity index (χ2n) is 5.79. The lowest BCUT2D eigenvalue weighted by Crippen LogP contribution is -2.27. The Labute approximate surface area is 94.5 Å². The van der Waals surface area contributed by atoms with E-state index in [-0.39, 0.29) is 0 Å². The largest absolute Gasteiger partial charge is 0.0781 e. The summed E-state index contributed by atoms with van der Waals surface area (Å²) in [5, 5.41) is 0. The number of rotatable bonds is 1. The minimum atomic E-state index is 0.785. The number of hydrogen-bond acceptors (Lipinski definition) is 0. The maximum Gasteiger partial charge on any atom is 0.00128 e. The molecule has 0 amide bonds. The van der Waals surface area contributed by atoms with Gasteiger partial charge in [0.05, 0.1) is 0 Å². The van der Waals surface area contributed by atoms with E-state index in [9.17, 15) is 0 Å². The van der Waals surface area contributed by atoms with E-state index in [1.165, 1.54) is 25.7 Å². The highest BCUT2D eigenvalue weighted by atomic mass is 14.4. The van der Waals surface area contributed by atoms with Crippen LogP contribution in [0.4, 0.5) is 0 Å². The fourth-order valence-corrected chi connectivity index (χ4v) is 3.34. The molecule has 0 nitrogen and oxygen atoms in total. The van der Waals surface area contributed by atoms with Gasteiger partial charge < -0.3 is 0 Å². The van der Waals surface area contributed by atoms with E-state index in [0.717, 1.165) is 17.8 Å². The van der Waals surface area contributed by atoms with Crippen molar-refractivity contribution in [1.29, 1.82) is 0 Å². The first-order valence-corrected chi connectivity index (χ1v) is 6.45. The Kier molecular flexibility index (Phi) is 3.04. The average Bonchev–Trinajstić information content (AvgIpc) is 2.17. The van der Waals surface area contributed by atoms with Gasteiger partial charge in [0, 0.05) is 5.92 Å². The number of fused-ring (bicyclic) bond motifs is 1. The maximum absolute atomic E-state index is 2.56. The van der Waals surface area contributed by atoms with Crippen molar-refractivity contribution in [3.8, 4) is 0 Å². The van der Waals surface area contributed by atoms with Gasteiger partial charge in [-0.15, -0.1) is 0 Å². The maximum atomic E-state index is 2.56. The van der Waals surface area contributed by atoms with Gasteiger partial charge in [-0.1, -0.05) is 36.6 Å². The quantitative estimate of drug-likeness (QED) is 0.542. The average molecular weight is 204 g/mol. The third kappa shape index (κ3) is 2.04. The zero-order chi connectivity index (χ0) is 11.0. The van der Waals surface area contributed by atoms with Gasteiger partial charge in [-0.2, -0.15) is 0 Å². The van der Waals surface area contributed by atoms with Crippen molar-refractivity contribution in [1.82, 2.24) is 0 Å². The molecule has 2 aliphatic carbocycles. The van der Waals surface area contributed by atoms with E-state index in [1.54, 1.807) is 16.7 Å². The Morgan fingerprint density at radius 3 is 2.53 bits per heavy atom. The van der Waals surface area contributed by atoms with Crippen LogP contribution in [-0.4, -0.2) is 0 Å². The van der Waals surface area contributed by atoms with Crippen molar-refractivity contribution >= 4 is 0 Å². The molecule has 0 aromatic carbocycles. The lowest BCUT2D eigenvalue weighted by Gasteiger charge is -2.38. The van der Waals surface area contributed by atoms with Crippen LogP contribution < -0.4 is 0 Å². The lowest BCUT2D eigenvalue weighted by molar-refractivity contribution is 0.277. The van der Waals surface area contributed by atoms with Gasteiger partial charge in [0.1, 0.15) is 0 Å². The van der Waals surface area contributed by atoms with Gasteiger partial charge in [0.2, 0.25) is 0 Å². The Morgan fingerprint density at radius 2 is 1.87 bits per heavy atom. The summed E-state index contributed by atoms with van der Waals surface area (Å²) >= 11 is 0. The van der Waals surface area contributed by atoms with E-state index in [0.29, 0.717) is 0 Å². The molecule has 2 aliphatic rings. The zero-order valence-electron chi connectivity index (χ0n) is 10.6. The van der Waals surface area contributed by atoms with Gasteiger partial charge in [-0.25, -0.2) is 0 Å². The normalized spacial score (nSPS) is 31.7. The molecule has 0 aliphatic heterocycles. The highest BCUT2D eigenvalue weighted by Gasteiger charge is 2.32. The van der Waals surface area contributed by atoms with Crippen LogP contribution >= 0.6 is 0 Å². The van der Waals surface area contributed by atoms with Crippen LogP contribution in [0.3, 0.4) is 0 Å². The SMILES string of the molecule is CC1=C[C@@H]2C(=C(C)CCC2C(C)C)CC1. The van der Waals surface area contributed by atoms with E-state index in [1.807, 2.05) is 0 Å². The van der Waals surface area contributed by atoms with Crippen molar-refractivity contribution in [3.05, 3.63) is 22.8 Å². The van der Waals surface area contributed by atoms with Crippen molar-refractivity contribution in [2.24, 2.45) is 17.8 Å². The minimum Gasteiger partial charge on any atom is -0.0781 e. The molecule has 0 bridgehead atoms. The molecule has 0 fully saturated rings. The molecule has 0 saturated heterocycles. The Balaban J connectivity index is 2.33. The fourth-order valence-electron chi connectivity index (χ4n) is 3.34. The molecule has 0 aromatic rings. The fraction of sp³-hybridized carbons (Fsp3) is 0.733. The summed E-state index contributed by atoms with van der Waals surface area (Å²) in [6, 6.07) is 0. The molecule has 0 radical (unpaired) electrons. The Bertz CT molecular complexity index is 304. The van der Waals surface area contributed by atoms with Crippen molar-refractivity contribution in [2.45, 2.75) is 53.4 Å². The first-order chi connectivity index (χ1) is 7.09. The molecule has 0 heteroatoms. The molecule has 2 atom stereocenters. The summed E-state index contributed by atoms with van der Waals surface area (Å²) in [4.78, 5) is 0. The molecular formula is C15H24. The van der Waals surface area contributed by atoms with E-state index >= 15 is 0 Å². The van der Waals surface area contributed by atoms with Crippen LogP contribution in [0.25, 0.3) is 0 Å². The first-order valence-electron chi connectivity index (χ1n) is 6.45. The van der Waals surface area contributed by atoms with Crippen LogP contribution in [0.1, 0.15) is 53.4 Å². The molecule has 2 rings (SSSR count). The minimum absolute atomic E-state index is 0.785. The monoisotopic (exact) mass is 204 g/mol. The third-order valence-corrected chi connectivity index (χ3v) is 4.37. The lowest BCUT2D eigenvalue weighted by atomic mass is 9.67. The van der Waals surface area contributed by atoms with E-state index < -0.39 is 0 Å². The molecule has 0 saturated carbocycles. The second kappa shape index (κ2) is 4.15. The second-order valence-corrected chi connectivity index (χ2v) is 5.79. The molecule has 0 N–H and O–H groups in total. The van der Waals surface area contributed by atoms with E-state index in [2.05, 4.69) is 33.8 Å². The molecule has 0 spiro atoms. The van der Waals surface area contributed by atoms with Crippen molar-refractivity contribution in [3.63, 3.8) is 0 Å². The summed E-state index contributed by atoms with van der Waals surface area (Å²) in [6.45, 7) is 9.44. The highest BCUT2D eigenvalue weighted by Crippen LogP contribution is 2.44. The van der Waals surface area contributed by atoms with Crippen LogP contribution in [0.5, 0.6) is 0 Å². The summed E-state index contributed by atoms with van der Waals surface area (Å²) in [7, 11) is 0. The van der Waals surface area contributed by atoms with Crippen molar-refractivity contribution < 1.29 is 0 Å². The summed E-state index contributed by atoms with van der Waals surface area (Å²) in [6.07, 6.45) is 7.95. The number of allylic oxidation sites excluding steroid dienone is 4. The topological polar surface area (TPSA) is 0 Å². The molecule has 84 valence electrons. The highest BCUT2D eigenvalue weighted by molar-refractivity contribution is 5.30.